The van der Waals surface area contributed by atoms with E-state index < -0.39 is 0 Å². The SMILES string of the molecule is CC1CCC(c2cc(C(C)(C)C)c(O)c(C(C)(C)C)c2)CC1.CC1COC(c2cc(C(C)(C)C)c(O)c(C(C)(C)C)c2)OC1.Cc1cc(C(C)(C)C)c(O)c(C(C)(C)C)c1.Cc1cc(C(C)(C)C)c(O)c(C(C)(C)C)c1. The minimum Gasteiger partial charge on any atom is -0.507 e. The third-order valence-corrected chi connectivity index (χ3v) is 15.1. The maximum Gasteiger partial charge on any atom is 0.183 e. The lowest BCUT2D eigenvalue weighted by atomic mass is 9.74. The zero-order valence-corrected chi connectivity index (χ0v) is 53.8. The predicted molar refractivity (Wildman–Crippen MR) is 326 cm³/mol. The summed E-state index contributed by atoms with van der Waals surface area (Å²) < 4.78 is 11.7. The Hall–Kier alpha value is -4.00. The molecule has 0 spiro atoms. The molecule has 2 aliphatic rings. The molecule has 1 aliphatic carbocycles. The second-order valence-corrected chi connectivity index (χ2v) is 31.4. The van der Waals surface area contributed by atoms with Crippen molar-refractivity contribution in [3.05, 3.63) is 115 Å². The summed E-state index contributed by atoms with van der Waals surface area (Å²) in [4.78, 5) is 0. The number of aromatic hydroxyl groups is 4. The van der Waals surface area contributed by atoms with Gasteiger partial charge >= 0.3 is 0 Å². The average Bonchev–Trinajstić information content (AvgIpc) is 3.23. The maximum absolute atomic E-state index is 10.8. The Balaban J connectivity index is 0.000000270. The van der Waals surface area contributed by atoms with Crippen LogP contribution in [0.25, 0.3) is 0 Å². The molecule has 2 fully saturated rings. The van der Waals surface area contributed by atoms with Gasteiger partial charge in [-0.1, -0.05) is 240 Å². The summed E-state index contributed by atoms with van der Waals surface area (Å²) in [6.07, 6.45) is 4.92. The number of aryl methyl sites for hydroxylation is 2. The molecule has 6 rings (SSSR count). The summed E-state index contributed by atoms with van der Waals surface area (Å²) in [6, 6.07) is 17.0. The third kappa shape index (κ3) is 18.0. The van der Waals surface area contributed by atoms with E-state index in [1.165, 1.54) is 42.4 Å². The molecule has 0 radical (unpaired) electrons. The number of phenolic OH excluding ortho intramolecular Hbond substituents is 4. The minimum atomic E-state index is -0.334. The van der Waals surface area contributed by atoms with E-state index in [4.69, 9.17) is 9.47 Å². The Morgan fingerprint density at radius 2 is 0.526 bits per heavy atom. The quantitative estimate of drug-likeness (QED) is 0.160. The van der Waals surface area contributed by atoms with E-state index in [1.807, 2.05) is 12.1 Å². The van der Waals surface area contributed by atoms with E-state index in [9.17, 15) is 20.4 Å². The van der Waals surface area contributed by atoms with Crippen molar-refractivity contribution in [2.75, 3.05) is 13.2 Å². The lowest BCUT2D eigenvalue weighted by Gasteiger charge is -2.32. The molecule has 6 heteroatoms. The number of hydrogen-bond donors (Lipinski definition) is 4. The van der Waals surface area contributed by atoms with Gasteiger partial charge in [-0.2, -0.15) is 0 Å². The molecule has 4 N–H and O–H groups in total. The monoisotopic (exact) mass is 1050 g/mol. The fraction of sp³-hybridized carbons (Fsp3) is 0.657. The molecule has 428 valence electrons. The van der Waals surface area contributed by atoms with Gasteiger partial charge in [-0.25, -0.2) is 0 Å². The fourth-order valence-electron chi connectivity index (χ4n) is 10.2. The second-order valence-electron chi connectivity index (χ2n) is 31.4. The highest BCUT2D eigenvalue weighted by Crippen LogP contribution is 2.46. The Morgan fingerprint density at radius 3 is 0.750 bits per heavy atom. The highest BCUT2D eigenvalue weighted by Gasteiger charge is 2.33. The van der Waals surface area contributed by atoms with Crippen molar-refractivity contribution < 1.29 is 29.9 Å². The third-order valence-electron chi connectivity index (χ3n) is 15.1. The number of benzene rings is 4. The highest BCUT2D eigenvalue weighted by atomic mass is 16.7. The van der Waals surface area contributed by atoms with Crippen LogP contribution in [-0.4, -0.2) is 33.6 Å². The van der Waals surface area contributed by atoms with E-state index in [0.717, 1.165) is 56.0 Å². The molecule has 4 aromatic rings. The summed E-state index contributed by atoms with van der Waals surface area (Å²) >= 11 is 0. The molecule has 0 bridgehead atoms. The molecule has 0 aromatic heterocycles. The Labute approximate surface area is 466 Å². The topological polar surface area (TPSA) is 99.4 Å². The number of ether oxygens (including phenoxy) is 2. The molecule has 0 unspecified atom stereocenters. The molecule has 1 heterocycles. The maximum atomic E-state index is 10.8. The molecule has 1 saturated heterocycles. The van der Waals surface area contributed by atoms with E-state index in [-0.39, 0.29) is 49.6 Å². The molecule has 0 atom stereocenters. The second kappa shape index (κ2) is 24.2. The largest absolute Gasteiger partial charge is 0.507 e. The summed E-state index contributed by atoms with van der Waals surface area (Å²) in [7, 11) is 0. The predicted octanol–water partition coefficient (Wildman–Crippen LogP) is 19.5. The van der Waals surface area contributed by atoms with E-state index >= 15 is 0 Å². The van der Waals surface area contributed by atoms with Crippen LogP contribution in [0.4, 0.5) is 0 Å². The molecule has 6 nitrogen and oxygen atoms in total. The molecule has 4 aromatic carbocycles. The normalized spacial score (nSPS) is 19.1. The van der Waals surface area contributed by atoms with Crippen LogP contribution in [0.3, 0.4) is 0 Å². The summed E-state index contributed by atoms with van der Waals surface area (Å²) in [5.41, 5.74) is 12.7. The van der Waals surface area contributed by atoms with E-state index in [0.29, 0.717) is 48.0 Å². The summed E-state index contributed by atoms with van der Waals surface area (Å²) in [5.74, 6) is 3.80. The van der Waals surface area contributed by atoms with Crippen LogP contribution < -0.4 is 0 Å². The van der Waals surface area contributed by atoms with Crippen LogP contribution >= 0.6 is 0 Å². The van der Waals surface area contributed by atoms with Crippen molar-refractivity contribution in [1.82, 2.24) is 0 Å². The van der Waals surface area contributed by atoms with E-state index in [1.54, 1.807) is 0 Å². The van der Waals surface area contributed by atoms with Gasteiger partial charge in [-0.15, -0.1) is 0 Å². The van der Waals surface area contributed by atoms with Crippen molar-refractivity contribution in [1.29, 1.82) is 0 Å². The molecule has 1 saturated carbocycles. The summed E-state index contributed by atoms with van der Waals surface area (Å²) in [6.45, 7) is 61.5. The average molecular weight is 1050 g/mol. The van der Waals surface area contributed by atoms with Crippen molar-refractivity contribution in [3.8, 4) is 23.0 Å². The van der Waals surface area contributed by atoms with Gasteiger partial charge in [0, 0.05) is 11.5 Å². The van der Waals surface area contributed by atoms with E-state index in [2.05, 4.69) is 230 Å². The first-order valence-corrected chi connectivity index (χ1v) is 28.7. The van der Waals surface area contributed by atoms with Gasteiger partial charge in [0.15, 0.2) is 6.29 Å². The Bertz CT molecular complexity index is 2220. The smallest absolute Gasteiger partial charge is 0.183 e. The standard InChI is InChI=1S/C21H34O.C19H30O3.2C15H24O/c1-14-8-10-15(11-9-14)16-12-17(20(2,3)4)19(22)18(13-16)21(5,6)7;1-12-10-21-17(22-11-12)13-8-14(18(2,3)4)16(20)15(9-13)19(5,6)7;2*1-10-8-11(14(2,3)4)13(16)12(9-10)15(5,6)7/h12-15,22H,8-11H2,1-7H3;8-9,12,17,20H,10-11H2,1-7H3;2*8-9,16H,1-7H3. The molecular weight excluding hydrogens is 937 g/mol. The van der Waals surface area contributed by atoms with Crippen molar-refractivity contribution in [2.45, 2.75) is 275 Å². The van der Waals surface area contributed by atoms with Gasteiger partial charge in [-0.05, 0) is 144 Å². The molecule has 0 amide bonds. The Kier molecular flexibility index (Phi) is 21.1. The van der Waals surface area contributed by atoms with Crippen LogP contribution in [0.1, 0.15) is 285 Å². The molecular formula is C70H112O6. The highest BCUT2D eigenvalue weighted by molar-refractivity contribution is 5.53. The number of phenols is 4. The first-order valence-electron chi connectivity index (χ1n) is 28.7. The first-order chi connectivity index (χ1) is 34.1. The fourth-order valence-corrected chi connectivity index (χ4v) is 10.2. The lowest BCUT2D eigenvalue weighted by Crippen LogP contribution is -2.26. The van der Waals surface area contributed by atoms with Crippen molar-refractivity contribution >= 4 is 0 Å². The van der Waals surface area contributed by atoms with Gasteiger partial charge < -0.3 is 29.9 Å². The number of hydrogen-bond acceptors (Lipinski definition) is 6. The van der Waals surface area contributed by atoms with Crippen molar-refractivity contribution in [3.63, 3.8) is 0 Å². The van der Waals surface area contributed by atoms with Gasteiger partial charge in [-0.3, -0.25) is 0 Å². The van der Waals surface area contributed by atoms with Crippen molar-refractivity contribution in [2.24, 2.45) is 11.8 Å². The molecule has 76 heavy (non-hydrogen) atoms. The van der Waals surface area contributed by atoms with Crippen LogP contribution in [0.2, 0.25) is 0 Å². The van der Waals surface area contributed by atoms with Gasteiger partial charge in [0.05, 0.1) is 13.2 Å². The Morgan fingerprint density at radius 1 is 0.316 bits per heavy atom. The van der Waals surface area contributed by atoms with Crippen LogP contribution in [0, 0.1) is 25.7 Å². The first kappa shape index (κ1) is 66.3. The number of rotatable bonds is 2. The lowest BCUT2D eigenvalue weighted by molar-refractivity contribution is -0.202. The van der Waals surface area contributed by atoms with Crippen LogP contribution in [0.15, 0.2) is 48.5 Å². The van der Waals surface area contributed by atoms with Gasteiger partial charge in [0.2, 0.25) is 0 Å². The zero-order chi connectivity index (χ0) is 58.9. The molecule has 1 aliphatic heterocycles. The van der Waals surface area contributed by atoms with Crippen LogP contribution in [0.5, 0.6) is 23.0 Å². The van der Waals surface area contributed by atoms with Gasteiger partial charge in [0.25, 0.3) is 0 Å². The minimum absolute atomic E-state index is 0.0178. The van der Waals surface area contributed by atoms with Gasteiger partial charge in [0.1, 0.15) is 23.0 Å². The summed E-state index contributed by atoms with van der Waals surface area (Å²) in [5, 5.41) is 42.3. The van der Waals surface area contributed by atoms with Crippen LogP contribution in [-0.2, 0) is 52.8 Å². The zero-order valence-electron chi connectivity index (χ0n) is 53.8.